The fraction of sp³-hybridized carbons (Fsp3) is 0.833. The monoisotopic (exact) mass is 306 g/mol. The highest BCUT2D eigenvalue weighted by Gasteiger charge is 2.28. The number of aliphatic carboxylic acids is 1. The molecule has 0 bridgehead atoms. The summed E-state index contributed by atoms with van der Waals surface area (Å²) in [6, 6.07) is -0.834. The average molecular weight is 306 g/mol. The Morgan fingerprint density at radius 2 is 2.10 bits per heavy atom. The van der Waals surface area contributed by atoms with Crippen molar-refractivity contribution in [3.63, 3.8) is 0 Å². The van der Waals surface area contributed by atoms with Gasteiger partial charge < -0.3 is 15.7 Å². The number of amides is 2. The number of carbonyl (C=O) groups excluding carboxylic acids is 1. The summed E-state index contributed by atoms with van der Waals surface area (Å²) in [5.74, 6) is -0.709. The zero-order chi connectivity index (χ0) is 15.2. The molecular formula is C12H22N2O5S. The van der Waals surface area contributed by atoms with Gasteiger partial charge in [-0.3, -0.25) is 4.79 Å². The molecule has 0 aromatic rings. The Balaban J connectivity index is 2.33. The molecule has 3 N–H and O–H groups in total. The first-order chi connectivity index (χ1) is 9.32. The standard InChI is InChI=1S/C12H22N2O5S/c1-2-3-10(6-11(15)16)14-12(17)13-7-9-4-5-20(18,19)8-9/h9-10H,2-8H2,1H3,(H,15,16)(H2,13,14,17). The third-order valence-corrected chi connectivity index (χ3v) is 5.11. The summed E-state index contributed by atoms with van der Waals surface area (Å²) in [5, 5.41) is 14.0. The van der Waals surface area contributed by atoms with Gasteiger partial charge in [0.05, 0.1) is 17.9 Å². The molecule has 1 rings (SSSR count). The summed E-state index contributed by atoms with van der Waals surface area (Å²) < 4.78 is 22.6. The summed E-state index contributed by atoms with van der Waals surface area (Å²) in [6.07, 6.45) is 1.83. The lowest BCUT2D eigenvalue weighted by molar-refractivity contribution is -0.137. The van der Waals surface area contributed by atoms with Crippen LogP contribution in [0.4, 0.5) is 4.79 Å². The second-order valence-electron chi connectivity index (χ2n) is 5.21. The molecule has 116 valence electrons. The molecule has 0 radical (unpaired) electrons. The minimum absolute atomic E-state index is 0.0464. The Kier molecular flexibility index (Phi) is 6.25. The summed E-state index contributed by atoms with van der Waals surface area (Å²) >= 11 is 0. The molecule has 0 saturated carbocycles. The fourth-order valence-electron chi connectivity index (χ4n) is 2.29. The number of carbonyl (C=O) groups is 2. The van der Waals surface area contributed by atoms with E-state index in [-0.39, 0.29) is 23.8 Å². The molecular weight excluding hydrogens is 284 g/mol. The number of urea groups is 1. The van der Waals surface area contributed by atoms with Crippen LogP contribution >= 0.6 is 0 Å². The van der Waals surface area contributed by atoms with Crippen molar-refractivity contribution in [1.82, 2.24) is 10.6 Å². The molecule has 20 heavy (non-hydrogen) atoms. The van der Waals surface area contributed by atoms with Gasteiger partial charge in [0.2, 0.25) is 0 Å². The van der Waals surface area contributed by atoms with E-state index >= 15 is 0 Å². The van der Waals surface area contributed by atoms with Crippen LogP contribution in [0.25, 0.3) is 0 Å². The number of carboxylic acid groups (broad SMARTS) is 1. The first kappa shape index (κ1) is 16.7. The third kappa shape index (κ3) is 6.23. The van der Waals surface area contributed by atoms with Gasteiger partial charge in [-0.05, 0) is 18.8 Å². The van der Waals surface area contributed by atoms with Gasteiger partial charge in [-0.25, -0.2) is 13.2 Å². The molecule has 1 saturated heterocycles. The molecule has 1 aliphatic heterocycles. The van der Waals surface area contributed by atoms with Crippen molar-refractivity contribution < 1.29 is 23.1 Å². The van der Waals surface area contributed by atoms with Crippen molar-refractivity contribution in [3.8, 4) is 0 Å². The second kappa shape index (κ2) is 7.47. The maximum absolute atomic E-state index is 11.7. The first-order valence-corrected chi connectivity index (χ1v) is 8.61. The van der Waals surface area contributed by atoms with Crippen molar-refractivity contribution in [2.45, 2.75) is 38.6 Å². The Morgan fingerprint density at radius 3 is 2.60 bits per heavy atom. The van der Waals surface area contributed by atoms with E-state index in [4.69, 9.17) is 5.11 Å². The number of hydrogen-bond acceptors (Lipinski definition) is 4. The molecule has 0 aliphatic carbocycles. The summed E-state index contributed by atoms with van der Waals surface area (Å²) in [7, 11) is -2.94. The van der Waals surface area contributed by atoms with Crippen molar-refractivity contribution in [2.75, 3.05) is 18.1 Å². The van der Waals surface area contributed by atoms with Crippen LogP contribution in [0.15, 0.2) is 0 Å². The zero-order valence-corrected chi connectivity index (χ0v) is 12.4. The molecule has 1 aliphatic rings. The van der Waals surface area contributed by atoms with Crippen molar-refractivity contribution in [1.29, 1.82) is 0 Å². The van der Waals surface area contributed by atoms with Crippen molar-refractivity contribution >= 4 is 21.8 Å². The van der Waals surface area contributed by atoms with E-state index in [0.717, 1.165) is 6.42 Å². The molecule has 2 amide bonds. The van der Waals surface area contributed by atoms with E-state index in [2.05, 4.69) is 10.6 Å². The van der Waals surface area contributed by atoms with Crippen LogP contribution < -0.4 is 10.6 Å². The van der Waals surface area contributed by atoms with Gasteiger partial charge in [0.25, 0.3) is 0 Å². The number of carboxylic acids is 1. The highest BCUT2D eigenvalue weighted by molar-refractivity contribution is 7.91. The topological polar surface area (TPSA) is 113 Å². The highest BCUT2D eigenvalue weighted by Crippen LogP contribution is 2.17. The van der Waals surface area contributed by atoms with E-state index in [1.165, 1.54) is 0 Å². The minimum Gasteiger partial charge on any atom is -0.481 e. The first-order valence-electron chi connectivity index (χ1n) is 6.79. The normalized spacial score (nSPS) is 22.1. The zero-order valence-electron chi connectivity index (χ0n) is 11.6. The lowest BCUT2D eigenvalue weighted by atomic mass is 10.1. The molecule has 7 nitrogen and oxygen atoms in total. The van der Waals surface area contributed by atoms with Gasteiger partial charge in [-0.15, -0.1) is 0 Å². The largest absolute Gasteiger partial charge is 0.481 e. The Labute approximate surface area is 119 Å². The Morgan fingerprint density at radius 1 is 1.40 bits per heavy atom. The number of hydrogen-bond donors (Lipinski definition) is 3. The molecule has 8 heteroatoms. The van der Waals surface area contributed by atoms with E-state index in [1.54, 1.807) is 0 Å². The fourth-order valence-corrected chi connectivity index (χ4v) is 4.15. The molecule has 0 aromatic heterocycles. The second-order valence-corrected chi connectivity index (χ2v) is 7.44. The van der Waals surface area contributed by atoms with Gasteiger partial charge in [0.1, 0.15) is 0 Å². The van der Waals surface area contributed by atoms with Crippen LogP contribution in [-0.4, -0.2) is 49.6 Å². The molecule has 0 aromatic carbocycles. The maximum Gasteiger partial charge on any atom is 0.315 e. The summed E-state index contributed by atoms with van der Waals surface area (Å²) in [6.45, 7) is 2.22. The van der Waals surface area contributed by atoms with Crippen molar-refractivity contribution in [3.05, 3.63) is 0 Å². The molecule has 2 atom stereocenters. The predicted octanol–water partition coefficient (Wildman–Crippen LogP) is 0.364. The van der Waals surface area contributed by atoms with Crippen LogP contribution in [0.5, 0.6) is 0 Å². The molecule has 1 fully saturated rings. The van der Waals surface area contributed by atoms with E-state index in [0.29, 0.717) is 19.4 Å². The summed E-state index contributed by atoms with van der Waals surface area (Å²) in [4.78, 5) is 22.3. The van der Waals surface area contributed by atoms with Gasteiger partial charge in [0, 0.05) is 12.6 Å². The SMILES string of the molecule is CCCC(CC(=O)O)NC(=O)NCC1CCS(=O)(=O)C1. The smallest absolute Gasteiger partial charge is 0.315 e. The lowest BCUT2D eigenvalue weighted by Gasteiger charge is -2.17. The highest BCUT2D eigenvalue weighted by atomic mass is 32.2. The average Bonchev–Trinajstić information content (AvgIpc) is 2.66. The van der Waals surface area contributed by atoms with E-state index in [9.17, 15) is 18.0 Å². The maximum atomic E-state index is 11.7. The van der Waals surface area contributed by atoms with Gasteiger partial charge >= 0.3 is 12.0 Å². The van der Waals surface area contributed by atoms with E-state index < -0.39 is 27.9 Å². The van der Waals surface area contributed by atoms with Gasteiger partial charge in [0.15, 0.2) is 9.84 Å². The summed E-state index contributed by atoms with van der Waals surface area (Å²) in [5.41, 5.74) is 0. The van der Waals surface area contributed by atoms with Gasteiger partial charge in [-0.1, -0.05) is 13.3 Å². The third-order valence-electron chi connectivity index (χ3n) is 3.27. The number of sulfone groups is 1. The Hall–Kier alpha value is -1.31. The van der Waals surface area contributed by atoms with Crippen molar-refractivity contribution in [2.24, 2.45) is 5.92 Å². The predicted molar refractivity (Wildman–Crippen MR) is 74.2 cm³/mol. The Bertz CT molecular complexity index is 449. The lowest BCUT2D eigenvalue weighted by Crippen LogP contribution is -2.44. The van der Waals surface area contributed by atoms with Crippen LogP contribution in [0.3, 0.4) is 0 Å². The van der Waals surface area contributed by atoms with Crippen LogP contribution in [0.1, 0.15) is 32.6 Å². The molecule has 0 spiro atoms. The van der Waals surface area contributed by atoms with Gasteiger partial charge in [-0.2, -0.15) is 0 Å². The van der Waals surface area contributed by atoms with E-state index in [1.807, 2.05) is 6.92 Å². The quantitative estimate of drug-likeness (QED) is 0.629. The number of rotatable bonds is 7. The molecule has 2 unspecified atom stereocenters. The van der Waals surface area contributed by atoms with Crippen LogP contribution in [0, 0.1) is 5.92 Å². The molecule has 1 heterocycles. The van der Waals surface area contributed by atoms with Crippen LogP contribution in [-0.2, 0) is 14.6 Å². The van der Waals surface area contributed by atoms with Crippen LogP contribution in [0.2, 0.25) is 0 Å². The minimum atomic E-state index is -2.94. The number of nitrogens with one attached hydrogen (secondary N) is 2.